The lowest BCUT2D eigenvalue weighted by Crippen LogP contribution is -2.33. The van der Waals surface area contributed by atoms with E-state index in [1.807, 2.05) is 0 Å². The molecule has 2 rings (SSSR count). The average molecular weight is 253 g/mol. The molecule has 0 aliphatic carbocycles. The molecule has 0 saturated heterocycles. The van der Waals surface area contributed by atoms with E-state index in [0.29, 0.717) is 10.7 Å². The van der Waals surface area contributed by atoms with Crippen LogP contribution < -0.4 is 22.7 Å². The van der Waals surface area contributed by atoms with Crippen LogP contribution in [0.25, 0.3) is 5.69 Å². The Bertz CT molecular complexity index is 689. The van der Waals surface area contributed by atoms with E-state index >= 15 is 0 Å². The normalized spacial score (nSPS) is 10.4. The van der Waals surface area contributed by atoms with Gasteiger partial charge in [0.1, 0.15) is 11.5 Å². The number of benzene rings is 1. The number of para-hydroxylation sites is 1. The fraction of sp³-hybridized carbons (Fsp3) is 0. The Labute approximate surface area is 100 Å². The van der Waals surface area contributed by atoms with E-state index in [9.17, 15) is 9.59 Å². The van der Waals surface area contributed by atoms with Crippen molar-refractivity contribution in [3.8, 4) is 5.69 Å². The molecule has 17 heavy (non-hydrogen) atoms. The van der Waals surface area contributed by atoms with Gasteiger partial charge in [-0.3, -0.25) is 9.78 Å². The number of nitrogens with one attached hydrogen (secondary N) is 1. The van der Waals surface area contributed by atoms with Crippen LogP contribution in [0.1, 0.15) is 0 Å². The van der Waals surface area contributed by atoms with Crippen molar-refractivity contribution in [3.05, 3.63) is 50.1 Å². The van der Waals surface area contributed by atoms with Gasteiger partial charge in [0.05, 0.1) is 10.7 Å². The Hall–Kier alpha value is -2.21. The van der Waals surface area contributed by atoms with Crippen LogP contribution in [0.4, 0.5) is 11.5 Å². The van der Waals surface area contributed by atoms with Crippen molar-refractivity contribution in [2.45, 2.75) is 0 Å². The van der Waals surface area contributed by atoms with Crippen LogP contribution in [0.15, 0.2) is 33.9 Å². The van der Waals surface area contributed by atoms with Gasteiger partial charge in [-0.1, -0.05) is 23.7 Å². The van der Waals surface area contributed by atoms with Crippen molar-refractivity contribution in [1.82, 2.24) is 9.55 Å². The highest BCUT2D eigenvalue weighted by molar-refractivity contribution is 6.32. The van der Waals surface area contributed by atoms with Gasteiger partial charge < -0.3 is 11.5 Å². The molecule has 7 heteroatoms. The number of halogens is 1. The lowest BCUT2D eigenvalue weighted by Gasteiger charge is -2.11. The van der Waals surface area contributed by atoms with Crippen molar-refractivity contribution in [2.75, 3.05) is 11.5 Å². The zero-order chi connectivity index (χ0) is 12.6. The first-order valence-corrected chi connectivity index (χ1v) is 5.05. The first-order valence-electron chi connectivity index (χ1n) is 4.67. The standard InChI is InChI=1S/C10H9ClN4O2/c11-5-3-1-2-4-6(5)15-8(13)7(12)9(16)14-10(15)17/h1-4H,12-13H2,(H,14,16,17). The SMILES string of the molecule is Nc1c(N)n(-c2ccccc2Cl)c(=O)[nH]c1=O. The predicted octanol–water partition coefficient (Wildman–Crippen LogP) is 0.344. The maximum Gasteiger partial charge on any atom is 0.334 e. The summed E-state index contributed by atoms with van der Waals surface area (Å²) in [7, 11) is 0. The van der Waals surface area contributed by atoms with Gasteiger partial charge in [0.25, 0.3) is 5.56 Å². The summed E-state index contributed by atoms with van der Waals surface area (Å²) in [5, 5.41) is 0.327. The molecule has 0 aliphatic rings. The molecule has 2 aromatic rings. The Balaban J connectivity index is 2.87. The Kier molecular flexibility index (Phi) is 2.64. The van der Waals surface area contributed by atoms with Crippen LogP contribution in [0.3, 0.4) is 0 Å². The number of nitrogens with two attached hydrogens (primary N) is 2. The third-order valence-electron chi connectivity index (χ3n) is 2.28. The van der Waals surface area contributed by atoms with E-state index in [0.717, 1.165) is 4.57 Å². The molecule has 1 aromatic carbocycles. The summed E-state index contributed by atoms with van der Waals surface area (Å²) in [4.78, 5) is 25.0. The van der Waals surface area contributed by atoms with Gasteiger partial charge in [0.2, 0.25) is 0 Å². The number of hydrogen-bond donors (Lipinski definition) is 3. The van der Waals surface area contributed by atoms with Crippen molar-refractivity contribution in [3.63, 3.8) is 0 Å². The van der Waals surface area contributed by atoms with E-state index in [1.165, 1.54) is 0 Å². The number of H-pyrrole nitrogens is 1. The highest BCUT2D eigenvalue weighted by Gasteiger charge is 2.12. The number of aromatic nitrogens is 2. The summed E-state index contributed by atoms with van der Waals surface area (Å²) in [6.07, 6.45) is 0. The first-order chi connectivity index (χ1) is 8.02. The van der Waals surface area contributed by atoms with E-state index < -0.39 is 11.2 Å². The van der Waals surface area contributed by atoms with Gasteiger partial charge in [0, 0.05) is 0 Å². The molecule has 0 fully saturated rings. The van der Waals surface area contributed by atoms with Crippen LogP contribution in [0.5, 0.6) is 0 Å². The smallest absolute Gasteiger partial charge is 0.334 e. The van der Waals surface area contributed by atoms with Crippen LogP contribution in [0, 0.1) is 0 Å². The largest absolute Gasteiger partial charge is 0.391 e. The molecule has 0 amide bonds. The molecule has 0 saturated carbocycles. The van der Waals surface area contributed by atoms with Gasteiger partial charge in [-0.05, 0) is 12.1 Å². The van der Waals surface area contributed by atoms with Crippen LogP contribution in [-0.4, -0.2) is 9.55 Å². The Morgan fingerprint density at radius 3 is 2.47 bits per heavy atom. The maximum atomic E-state index is 11.7. The number of aromatic amines is 1. The van der Waals surface area contributed by atoms with Crippen molar-refractivity contribution in [1.29, 1.82) is 0 Å². The highest BCUT2D eigenvalue weighted by Crippen LogP contribution is 2.21. The second-order valence-electron chi connectivity index (χ2n) is 3.35. The van der Waals surface area contributed by atoms with E-state index in [1.54, 1.807) is 24.3 Å². The molecule has 6 nitrogen and oxygen atoms in total. The lowest BCUT2D eigenvalue weighted by molar-refractivity contribution is 0.913. The molecule has 88 valence electrons. The van der Waals surface area contributed by atoms with E-state index in [2.05, 4.69) is 4.98 Å². The molecule has 0 spiro atoms. The third-order valence-corrected chi connectivity index (χ3v) is 2.60. The molecular formula is C10H9ClN4O2. The highest BCUT2D eigenvalue weighted by atomic mass is 35.5. The zero-order valence-corrected chi connectivity index (χ0v) is 9.36. The molecule has 0 atom stereocenters. The number of hydrogen-bond acceptors (Lipinski definition) is 4. The molecule has 1 aromatic heterocycles. The van der Waals surface area contributed by atoms with Gasteiger partial charge in [-0.25, -0.2) is 9.36 Å². The molecule has 1 heterocycles. The summed E-state index contributed by atoms with van der Waals surface area (Å²) in [6, 6.07) is 6.60. The quantitative estimate of drug-likeness (QED) is 0.680. The number of nitrogen functional groups attached to an aromatic ring is 2. The fourth-order valence-electron chi connectivity index (χ4n) is 1.44. The Morgan fingerprint density at radius 1 is 1.18 bits per heavy atom. The lowest BCUT2D eigenvalue weighted by atomic mass is 10.3. The minimum atomic E-state index is -0.712. The molecule has 0 aliphatic heterocycles. The monoisotopic (exact) mass is 252 g/mol. The van der Waals surface area contributed by atoms with Crippen molar-refractivity contribution >= 4 is 23.1 Å². The predicted molar refractivity (Wildman–Crippen MR) is 66.5 cm³/mol. The number of anilines is 2. The second kappa shape index (κ2) is 3.99. The summed E-state index contributed by atoms with van der Waals surface area (Å²) in [5.41, 5.74) is 9.86. The third kappa shape index (κ3) is 1.78. The summed E-state index contributed by atoms with van der Waals surface area (Å²) >= 11 is 5.95. The summed E-state index contributed by atoms with van der Waals surface area (Å²) in [5.74, 6) is -0.133. The van der Waals surface area contributed by atoms with Crippen molar-refractivity contribution < 1.29 is 0 Å². The van der Waals surface area contributed by atoms with Crippen LogP contribution >= 0.6 is 11.6 Å². The van der Waals surface area contributed by atoms with Gasteiger partial charge in [-0.15, -0.1) is 0 Å². The zero-order valence-electron chi connectivity index (χ0n) is 8.61. The maximum absolute atomic E-state index is 11.7. The number of nitrogens with zero attached hydrogens (tertiary/aromatic N) is 1. The van der Waals surface area contributed by atoms with Crippen LogP contribution in [0.2, 0.25) is 5.02 Å². The summed E-state index contributed by atoms with van der Waals surface area (Å²) in [6.45, 7) is 0. The number of rotatable bonds is 1. The average Bonchev–Trinajstić information content (AvgIpc) is 2.29. The minimum Gasteiger partial charge on any atom is -0.391 e. The van der Waals surface area contributed by atoms with Gasteiger partial charge in [-0.2, -0.15) is 0 Å². The molecule has 0 unspecified atom stereocenters. The van der Waals surface area contributed by atoms with Gasteiger partial charge >= 0.3 is 5.69 Å². The minimum absolute atomic E-state index is 0.133. The molecule has 5 N–H and O–H groups in total. The van der Waals surface area contributed by atoms with Crippen LogP contribution in [-0.2, 0) is 0 Å². The van der Waals surface area contributed by atoms with E-state index in [-0.39, 0.29) is 11.5 Å². The molecular weight excluding hydrogens is 244 g/mol. The molecule has 0 radical (unpaired) electrons. The second-order valence-corrected chi connectivity index (χ2v) is 3.75. The van der Waals surface area contributed by atoms with E-state index in [4.69, 9.17) is 23.1 Å². The van der Waals surface area contributed by atoms with Gasteiger partial charge in [0.15, 0.2) is 0 Å². The fourth-order valence-corrected chi connectivity index (χ4v) is 1.66. The first kappa shape index (κ1) is 11.3. The molecule has 0 bridgehead atoms. The van der Waals surface area contributed by atoms with Crippen molar-refractivity contribution in [2.24, 2.45) is 0 Å². The summed E-state index contributed by atoms with van der Waals surface area (Å²) < 4.78 is 1.05. The Morgan fingerprint density at radius 2 is 1.82 bits per heavy atom. The topological polar surface area (TPSA) is 107 Å².